The number of fused-ring (bicyclic) bond motifs is 1. The maximum atomic E-state index is 3.55. The first-order chi connectivity index (χ1) is 6.86. The summed E-state index contributed by atoms with van der Waals surface area (Å²) in [5, 5.41) is 3.55. The second-order valence-corrected chi connectivity index (χ2v) is 3.99. The Morgan fingerprint density at radius 1 is 1.36 bits per heavy atom. The van der Waals surface area contributed by atoms with Crippen LogP contribution in [0.1, 0.15) is 43.0 Å². The average Bonchev–Trinajstić information content (AvgIpc) is 2.62. The molecule has 1 heteroatoms. The molecule has 0 amide bonds. The van der Waals surface area contributed by atoms with Gasteiger partial charge in [-0.25, -0.2) is 0 Å². The van der Waals surface area contributed by atoms with Crippen molar-refractivity contribution in [2.75, 3.05) is 6.54 Å². The zero-order valence-electron chi connectivity index (χ0n) is 9.14. The molecule has 1 aromatic carbocycles. The van der Waals surface area contributed by atoms with Crippen LogP contribution in [0.5, 0.6) is 0 Å². The van der Waals surface area contributed by atoms with E-state index in [0.29, 0.717) is 6.04 Å². The highest BCUT2D eigenvalue weighted by molar-refractivity contribution is 5.40. The van der Waals surface area contributed by atoms with Gasteiger partial charge in [0.2, 0.25) is 0 Å². The summed E-state index contributed by atoms with van der Waals surface area (Å²) >= 11 is 0. The van der Waals surface area contributed by atoms with Gasteiger partial charge in [0, 0.05) is 6.04 Å². The lowest BCUT2D eigenvalue weighted by atomic mass is 10.0. The molecule has 0 saturated carbocycles. The van der Waals surface area contributed by atoms with Gasteiger partial charge in [0.15, 0.2) is 0 Å². The van der Waals surface area contributed by atoms with Crippen molar-refractivity contribution in [3.8, 4) is 0 Å². The molecule has 0 heterocycles. The third kappa shape index (κ3) is 1.57. The second kappa shape index (κ2) is 4.14. The highest BCUT2D eigenvalue weighted by Gasteiger charge is 2.22. The second-order valence-electron chi connectivity index (χ2n) is 3.99. The number of rotatable bonds is 3. The Hall–Kier alpha value is -0.820. The van der Waals surface area contributed by atoms with Gasteiger partial charge in [-0.1, -0.05) is 32.0 Å². The van der Waals surface area contributed by atoms with Crippen molar-refractivity contribution < 1.29 is 0 Å². The van der Waals surface area contributed by atoms with E-state index < -0.39 is 0 Å². The molecular formula is C13H19N. The molecule has 1 aliphatic rings. The molecule has 0 bridgehead atoms. The average molecular weight is 189 g/mol. The molecule has 1 unspecified atom stereocenters. The van der Waals surface area contributed by atoms with E-state index in [1.807, 2.05) is 0 Å². The van der Waals surface area contributed by atoms with Crippen LogP contribution in [0.4, 0.5) is 0 Å². The topological polar surface area (TPSA) is 12.0 Å². The van der Waals surface area contributed by atoms with E-state index in [0.717, 1.165) is 6.54 Å². The lowest BCUT2D eigenvalue weighted by Crippen LogP contribution is -2.18. The molecule has 1 N–H and O–H groups in total. The summed E-state index contributed by atoms with van der Waals surface area (Å²) in [6.07, 6.45) is 3.71. The first-order valence-electron chi connectivity index (χ1n) is 5.70. The zero-order chi connectivity index (χ0) is 9.97. The van der Waals surface area contributed by atoms with Crippen molar-refractivity contribution in [2.24, 2.45) is 0 Å². The van der Waals surface area contributed by atoms with Crippen LogP contribution in [0.3, 0.4) is 0 Å². The molecule has 76 valence electrons. The van der Waals surface area contributed by atoms with Crippen LogP contribution in [0.15, 0.2) is 18.2 Å². The van der Waals surface area contributed by atoms with E-state index in [1.54, 1.807) is 16.7 Å². The van der Waals surface area contributed by atoms with Gasteiger partial charge >= 0.3 is 0 Å². The van der Waals surface area contributed by atoms with E-state index in [4.69, 9.17) is 0 Å². The fourth-order valence-corrected chi connectivity index (χ4v) is 2.52. The Morgan fingerprint density at radius 2 is 2.21 bits per heavy atom. The van der Waals surface area contributed by atoms with Gasteiger partial charge in [0.1, 0.15) is 0 Å². The molecule has 0 saturated heterocycles. The van der Waals surface area contributed by atoms with Crippen LogP contribution in [-0.2, 0) is 12.8 Å². The Labute approximate surface area is 86.5 Å². The predicted octanol–water partition coefficient (Wildman–Crippen LogP) is 2.85. The van der Waals surface area contributed by atoms with Crippen LogP contribution in [0, 0.1) is 0 Å². The van der Waals surface area contributed by atoms with Crippen LogP contribution in [0.2, 0.25) is 0 Å². The normalized spacial score (nSPS) is 19.7. The lowest BCUT2D eigenvalue weighted by Gasteiger charge is -2.12. The van der Waals surface area contributed by atoms with Crippen molar-refractivity contribution in [1.82, 2.24) is 5.32 Å². The van der Waals surface area contributed by atoms with Gasteiger partial charge < -0.3 is 5.32 Å². The SMILES string of the molecule is CCNC1CCc2c(CC)cccc21. The Kier molecular flexibility index (Phi) is 2.87. The van der Waals surface area contributed by atoms with Crippen LogP contribution >= 0.6 is 0 Å². The number of hydrogen-bond acceptors (Lipinski definition) is 1. The predicted molar refractivity (Wildman–Crippen MR) is 60.6 cm³/mol. The maximum Gasteiger partial charge on any atom is 0.0326 e. The van der Waals surface area contributed by atoms with E-state index in [2.05, 4.69) is 37.4 Å². The maximum absolute atomic E-state index is 3.55. The van der Waals surface area contributed by atoms with Gasteiger partial charge in [0.25, 0.3) is 0 Å². The molecule has 1 aromatic rings. The van der Waals surface area contributed by atoms with Gasteiger partial charge in [-0.15, -0.1) is 0 Å². The summed E-state index contributed by atoms with van der Waals surface area (Å²) in [4.78, 5) is 0. The number of nitrogens with one attached hydrogen (secondary N) is 1. The first kappa shape index (κ1) is 9.72. The fraction of sp³-hybridized carbons (Fsp3) is 0.538. The van der Waals surface area contributed by atoms with E-state index in [9.17, 15) is 0 Å². The summed E-state index contributed by atoms with van der Waals surface area (Å²) in [6, 6.07) is 7.37. The molecule has 1 atom stereocenters. The third-order valence-corrected chi connectivity index (χ3v) is 3.20. The first-order valence-corrected chi connectivity index (χ1v) is 5.70. The highest BCUT2D eigenvalue weighted by atomic mass is 14.9. The van der Waals surface area contributed by atoms with E-state index >= 15 is 0 Å². The van der Waals surface area contributed by atoms with Crippen molar-refractivity contribution >= 4 is 0 Å². The smallest absolute Gasteiger partial charge is 0.0326 e. The summed E-state index contributed by atoms with van der Waals surface area (Å²) in [7, 11) is 0. The molecule has 1 nitrogen and oxygen atoms in total. The molecule has 0 spiro atoms. The van der Waals surface area contributed by atoms with Crippen molar-refractivity contribution in [2.45, 2.75) is 39.2 Å². The molecular weight excluding hydrogens is 170 g/mol. The zero-order valence-corrected chi connectivity index (χ0v) is 9.14. The number of hydrogen-bond donors (Lipinski definition) is 1. The molecule has 1 aliphatic carbocycles. The van der Waals surface area contributed by atoms with Gasteiger partial charge in [0.05, 0.1) is 0 Å². The summed E-state index contributed by atoms with van der Waals surface area (Å²) in [5.74, 6) is 0. The quantitative estimate of drug-likeness (QED) is 0.771. The van der Waals surface area contributed by atoms with Crippen molar-refractivity contribution in [3.05, 3.63) is 34.9 Å². The van der Waals surface area contributed by atoms with Crippen molar-refractivity contribution in [3.63, 3.8) is 0 Å². The molecule has 0 aromatic heterocycles. The van der Waals surface area contributed by atoms with Crippen LogP contribution in [-0.4, -0.2) is 6.54 Å². The van der Waals surface area contributed by atoms with Gasteiger partial charge in [-0.05, 0) is 42.5 Å². The Morgan fingerprint density at radius 3 is 2.93 bits per heavy atom. The largest absolute Gasteiger partial charge is 0.310 e. The third-order valence-electron chi connectivity index (χ3n) is 3.20. The summed E-state index contributed by atoms with van der Waals surface area (Å²) in [5.41, 5.74) is 4.70. The Balaban J connectivity index is 2.31. The minimum absolute atomic E-state index is 0.612. The molecule has 0 aliphatic heterocycles. The van der Waals surface area contributed by atoms with Crippen molar-refractivity contribution in [1.29, 1.82) is 0 Å². The summed E-state index contributed by atoms with van der Waals surface area (Å²) in [6.45, 7) is 5.50. The van der Waals surface area contributed by atoms with Gasteiger partial charge in [-0.3, -0.25) is 0 Å². The Bertz CT molecular complexity index is 317. The van der Waals surface area contributed by atoms with Gasteiger partial charge in [-0.2, -0.15) is 0 Å². The number of aryl methyl sites for hydroxylation is 1. The fourth-order valence-electron chi connectivity index (χ4n) is 2.52. The molecule has 0 radical (unpaired) electrons. The lowest BCUT2D eigenvalue weighted by molar-refractivity contribution is 0.549. The highest BCUT2D eigenvalue weighted by Crippen LogP contribution is 2.33. The minimum atomic E-state index is 0.612. The van der Waals surface area contributed by atoms with E-state index in [1.165, 1.54) is 19.3 Å². The van der Waals surface area contributed by atoms with Crippen LogP contribution in [0.25, 0.3) is 0 Å². The standard InChI is InChI=1S/C13H19N/c1-3-10-6-5-7-12-11(10)8-9-13(12)14-4-2/h5-7,13-14H,3-4,8-9H2,1-2H3. The molecule has 0 fully saturated rings. The monoisotopic (exact) mass is 189 g/mol. The van der Waals surface area contributed by atoms with E-state index in [-0.39, 0.29) is 0 Å². The summed E-state index contributed by atoms with van der Waals surface area (Å²) < 4.78 is 0. The molecule has 2 rings (SSSR count). The van der Waals surface area contributed by atoms with Crippen LogP contribution < -0.4 is 5.32 Å². The number of benzene rings is 1. The molecule has 14 heavy (non-hydrogen) atoms. The minimum Gasteiger partial charge on any atom is -0.310 e.